The first kappa shape index (κ1) is 19.4. The second-order valence-electron chi connectivity index (χ2n) is 6.95. The number of rotatable bonds is 6. The van der Waals surface area contributed by atoms with Crippen LogP contribution in [0.3, 0.4) is 0 Å². The molecule has 0 atom stereocenters. The fraction of sp³-hybridized carbons (Fsp3) is 0.450. The second kappa shape index (κ2) is 8.13. The zero-order chi connectivity index (χ0) is 19.4. The Hall–Kier alpha value is -2.34. The fourth-order valence-corrected chi connectivity index (χ4v) is 3.89. The Morgan fingerprint density at radius 2 is 1.96 bits per heavy atom. The van der Waals surface area contributed by atoms with Crippen LogP contribution in [-0.2, 0) is 16.0 Å². The van der Waals surface area contributed by atoms with Crippen molar-refractivity contribution in [2.24, 2.45) is 0 Å². The molecule has 1 aliphatic carbocycles. The minimum Gasteiger partial charge on any atom is -0.479 e. The van der Waals surface area contributed by atoms with E-state index in [1.165, 1.54) is 4.90 Å². The molecular formula is C20H23ClN2O4. The number of hydrogen-bond acceptors (Lipinski definition) is 4. The highest BCUT2D eigenvalue weighted by atomic mass is 35.5. The lowest BCUT2D eigenvalue weighted by Crippen LogP contribution is -2.56. The predicted octanol–water partition coefficient (Wildman–Crippen LogP) is 4.17. The van der Waals surface area contributed by atoms with Crippen LogP contribution >= 0.6 is 11.6 Å². The highest BCUT2D eigenvalue weighted by Gasteiger charge is 2.45. The molecule has 0 spiro atoms. The van der Waals surface area contributed by atoms with Gasteiger partial charge in [-0.1, -0.05) is 43.0 Å². The van der Waals surface area contributed by atoms with Crippen LogP contribution in [0.1, 0.15) is 44.4 Å². The van der Waals surface area contributed by atoms with Crippen molar-refractivity contribution >= 4 is 23.5 Å². The van der Waals surface area contributed by atoms with Gasteiger partial charge in [0.25, 0.3) is 0 Å². The van der Waals surface area contributed by atoms with Crippen LogP contribution < -0.4 is 0 Å². The van der Waals surface area contributed by atoms with Gasteiger partial charge in [0.2, 0.25) is 5.91 Å². The largest absolute Gasteiger partial charge is 0.479 e. The van der Waals surface area contributed by atoms with Crippen molar-refractivity contribution in [1.82, 2.24) is 9.88 Å². The molecule has 1 aromatic carbocycles. The summed E-state index contributed by atoms with van der Waals surface area (Å²) in [5.74, 6) is -0.155. The van der Waals surface area contributed by atoms with Gasteiger partial charge in [0.05, 0.1) is 11.2 Å². The molecule has 0 aliphatic heterocycles. The lowest BCUT2D eigenvalue weighted by molar-refractivity contribution is -0.160. The molecule has 6 nitrogen and oxygen atoms in total. The summed E-state index contributed by atoms with van der Waals surface area (Å²) in [7, 11) is 1.59. The highest BCUT2D eigenvalue weighted by Crippen LogP contribution is 2.34. The summed E-state index contributed by atoms with van der Waals surface area (Å²) in [6.45, 7) is 0. The number of aromatic nitrogens is 1. The van der Waals surface area contributed by atoms with E-state index in [0.717, 1.165) is 24.8 Å². The van der Waals surface area contributed by atoms with Crippen LogP contribution in [0, 0.1) is 0 Å². The number of aliphatic carboxylic acids is 1. The Labute approximate surface area is 163 Å². The molecule has 1 N–H and O–H groups in total. The summed E-state index contributed by atoms with van der Waals surface area (Å²) >= 11 is 6.16. The third-order valence-electron chi connectivity index (χ3n) is 5.34. The molecule has 1 saturated carbocycles. The summed E-state index contributed by atoms with van der Waals surface area (Å²) in [6, 6.07) is 7.30. The number of likely N-dealkylation sites (N-methyl/N-ethyl adjacent to an activating group) is 1. The Morgan fingerprint density at radius 3 is 2.63 bits per heavy atom. The Kier molecular flexibility index (Phi) is 5.85. The normalized spacial score (nSPS) is 16.1. The van der Waals surface area contributed by atoms with Crippen LogP contribution in [0.15, 0.2) is 34.9 Å². The van der Waals surface area contributed by atoms with Crippen LogP contribution in [0.25, 0.3) is 11.3 Å². The number of amides is 1. The van der Waals surface area contributed by atoms with Crippen LogP contribution in [0.2, 0.25) is 5.02 Å². The highest BCUT2D eigenvalue weighted by molar-refractivity contribution is 6.33. The maximum atomic E-state index is 12.6. The molecule has 1 heterocycles. The molecule has 7 heteroatoms. The minimum absolute atomic E-state index is 0.147. The number of aryl methyl sites for hydroxylation is 1. The molecule has 27 heavy (non-hydrogen) atoms. The molecule has 1 fully saturated rings. The van der Waals surface area contributed by atoms with E-state index >= 15 is 0 Å². The number of carboxylic acid groups (broad SMARTS) is 1. The topological polar surface area (TPSA) is 83.6 Å². The average molecular weight is 391 g/mol. The summed E-state index contributed by atoms with van der Waals surface area (Å²) in [5, 5.41) is 10.3. The van der Waals surface area contributed by atoms with E-state index in [1.54, 1.807) is 19.3 Å². The number of carbonyl (C=O) groups is 2. The Morgan fingerprint density at radius 1 is 1.26 bits per heavy atom. The van der Waals surface area contributed by atoms with Crippen LogP contribution in [0.5, 0.6) is 0 Å². The molecule has 0 bridgehead atoms. The first-order valence-electron chi connectivity index (χ1n) is 9.14. The minimum atomic E-state index is -1.09. The van der Waals surface area contributed by atoms with E-state index in [0.29, 0.717) is 35.9 Å². The van der Waals surface area contributed by atoms with Gasteiger partial charge in [-0.05, 0) is 25.0 Å². The average Bonchev–Trinajstić information content (AvgIpc) is 3.15. The van der Waals surface area contributed by atoms with E-state index in [-0.39, 0.29) is 12.3 Å². The number of halogens is 1. The number of carbonyl (C=O) groups excluding carboxylic acids is 1. The van der Waals surface area contributed by atoms with Crippen LogP contribution in [0.4, 0.5) is 0 Å². The smallest absolute Gasteiger partial charge is 0.329 e. The number of oxazole rings is 1. The van der Waals surface area contributed by atoms with Gasteiger partial charge in [-0.25, -0.2) is 9.78 Å². The summed E-state index contributed by atoms with van der Waals surface area (Å²) < 4.78 is 5.72. The Bertz CT molecular complexity index is 827. The molecule has 144 valence electrons. The zero-order valence-electron chi connectivity index (χ0n) is 15.3. The second-order valence-corrected chi connectivity index (χ2v) is 7.36. The van der Waals surface area contributed by atoms with Crippen LogP contribution in [-0.4, -0.2) is 39.5 Å². The lowest BCUT2D eigenvalue weighted by atomic mass is 9.80. The third-order valence-corrected chi connectivity index (χ3v) is 5.67. The zero-order valence-corrected chi connectivity index (χ0v) is 16.0. The summed E-state index contributed by atoms with van der Waals surface area (Å²) in [5.41, 5.74) is -0.345. The van der Waals surface area contributed by atoms with Gasteiger partial charge in [-0.3, -0.25) is 4.79 Å². The van der Waals surface area contributed by atoms with E-state index in [9.17, 15) is 14.7 Å². The van der Waals surface area contributed by atoms with E-state index in [1.807, 2.05) is 18.2 Å². The number of benzene rings is 1. The van der Waals surface area contributed by atoms with E-state index in [2.05, 4.69) is 4.98 Å². The molecule has 1 aromatic heterocycles. The third kappa shape index (κ3) is 4.00. The van der Waals surface area contributed by atoms with Crippen molar-refractivity contribution in [3.05, 3.63) is 41.4 Å². The number of nitrogens with zero attached hydrogens (tertiary/aromatic N) is 2. The van der Waals surface area contributed by atoms with Gasteiger partial charge in [0.1, 0.15) is 5.54 Å². The van der Waals surface area contributed by atoms with E-state index < -0.39 is 11.5 Å². The van der Waals surface area contributed by atoms with Crippen molar-refractivity contribution < 1.29 is 19.1 Å². The monoisotopic (exact) mass is 390 g/mol. The van der Waals surface area contributed by atoms with Crippen molar-refractivity contribution in [2.75, 3.05) is 7.05 Å². The van der Waals surface area contributed by atoms with Gasteiger partial charge in [-0.2, -0.15) is 0 Å². The van der Waals surface area contributed by atoms with Crippen molar-refractivity contribution in [3.63, 3.8) is 0 Å². The van der Waals surface area contributed by atoms with Gasteiger partial charge in [0.15, 0.2) is 11.7 Å². The maximum absolute atomic E-state index is 12.6. The van der Waals surface area contributed by atoms with Gasteiger partial charge in [-0.15, -0.1) is 0 Å². The first-order chi connectivity index (χ1) is 12.9. The van der Waals surface area contributed by atoms with Gasteiger partial charge < -0.3 is 14.4 Å². The van der Waals surface area contributed by atoms with Gasteiger partial charge >= 0.3 is 5.97 Å². The summed E-state index contributed by atoms with van der Waals surface area (Å²) in [6.07, 6.45) is 5.70. The predicted molar refractivity (Wildman–Crippen MR) is 101 cm³/mol. The van der Waals surface area contributed by atoms with Crippen molar-refractivity contribution in [1.29, 1.82) is 0 Å². The molecule has 1 amide bonds. The molecule has 1 aliphatic rings. The number of carboxylic acids is 1. The molecule has 0 radical (unpaired) electrons. The fourth-order valence-electron chi connectivity index (χ4n) is 3.66. The lowest BCUT2D eigenvalue weighted by Gasteiger charge is -2.41. The Balaban J connectivity index is 1.65. The molecular weight excluding hydrogens is 368 g/mol. The van der Waals surface area contributed by atoms with Crippen molar-refractivity contribution in [3.8, 4) is 11.3 Å². The SMILES string of the molecule is CN(C(=O)CCc1ncc(-c2ccccc2Cl)o1)C1(C(=O)O)CCCCC1. The molecule has 3 rings (SSSR count). The standard InChI is InChI=1S/C20H23ClN2O4/c1-23(20(19(25)26)11-5-2-6-12-20)18(24)10-9-17-22-13-16(27-17)14-7-3-4-8-15(14)21/h3-4,7-8,13H,2,5-6,9-12H2,1H3,(H,25,26). The van der Waals surface area contributed by atoms with Crippen molar-refractivity contribution in [2.45, 2.75) is 50.5 Å². The molecule has 2 aromatic rings. The molecule has 0 saturated heterocycles. The molecule has 0 unspecified atom stereocenters. The van der Waals surface area contributed by atoms with Gasteiger partial charge in [0, 0.05) is 25.5 Å². The maximum Gasteiger partial charge on any atom is 0.329 e. The quantitative estimate of drug-likeness (QED) is 0.800. The first-order valence-corrected chi connectivity index (χ1v) is 9.51. The summed E-state index contributed by atoms with van der Waals surface area (Å²) in [4.78, 5) is 30.1. The van der Waals surface area contributed by atoms with E-state index in [4.69, 9.17) is 16.0 Å². The number of hydrogen-bond donors (Lipinski definition) is 1.